The third-order valence-electron chi connectivity index (χ3n) is 1.75. The molecule has 0 heterocycles. The van der Waals surface area contributed by atoms with E-state index < -0.39 is 0 Å². The molecule has 1 rings (SSSR count). The van der Waals surface area contributed by atoms with Crippen LogP contribution in [0.1, 0.15) is 17.7 Å². The van der Waals surface area contributed by atoms with Crippen molar-refractivity contribution in [2.75, 3.05) is 6.26 Å². The molecule has 1 aromatic rings. The highest BCUT2D eigenvalue weighted by molar-refractivity contribution is 7.98. The van der Waals surface area contributed by atoms with Crippen molar-refractivity contribution in [3.8, 4) is 0 Å². The largest absolute Gasteiger partial charge is 0.207 e. The fraction of sp³-hybridized carbons (Fsp3) is 0.333. The molecule has 66 valence electrons. The van der Waals surface area contributed by atoms with Crippen LogP contribution in [0.25, 0.3) is 0 Å². The van der Waals surface area contributed by atoms with Gasteiger partial charge in [-0.3, -0.25) is 0 Å². The molecule has 3 heteroatoms. The molecule has 0 fully saturated rings. The average Bonchev–Trinajstić information content (AvgIpc) is 2.03. The quantitative estimate of drug-likeness (QED) is 0.704. The minimum atomic E-state index is -0.281. The lowest BCUT2D eigenvalue weighted by atomic mass is 10.2. The molecule has 0 radical (unpaired) electrons. The van der Waals surface area contributed by atoms with E-state index in [1.54, 1.807) is 17.8 Å². The van der Waals surface area contributed by atoms with E-state index in [0.29, 0.717) is 10.3 Å². The Morgan fingerprint density at radius 1 is 1.50 bits per heavy atom. The van der Waals surface area contributed by atoms with Gasteiger partial charge in [0.25, 0.3) is 0 Å². The van der Waals surface area contributed by atoms with Crippen LogP contribution in [-0.2, 0) is 0 Å². The molecule has 0 bridgehead atoms. The smallest absolute Gasteiger partial charge is 0.124 e. The van der Waals surface area contributed by atoms with Gasteiger partial charge in [-0.15, -0.1) is 0 Å². The van der Waals surface area contributed by atoms with Crippen LogP contribution in [0.4, 0.5) is 4.39 Å². The Labute approximate surface area is 81.1 Å². The summed E-state index contributed by atoms with van der Waals surface area (Å²) in [5.41, 5.74) is 0.991. The Balaban J connectivity index is 3.01. The summed E-state index contributed by atoms with van der Waals surface area (Å²) in [5, 5.41) is 0.829. The molecule has 0 aliphatic rings. The molecule has 1 atom stereocenters. The molecule has 12 heavy (non-hydrogen) atoms. The summed E-state index contributed by atoms with van der Waals surface area (Å²) < 4.78 is 12.6. The van der Waals surface area contributed by atoms with Crippen molar-refractivity contribution >= 4 is 23.4 Å². The van der Waals surface area contributed by atoms with Crippen molar-refractivity contribution in [3.63, 3.8) is 0 Å². The first-order chi connectivity index (χ1) is 5.65. The minimum Gasteiger partial charge on any atom is -0.207 e. The predicted molar refractivity (Wildman–Crippen MR) is 53.3 cm³/mol. The second kappa shape index (κ2) is 4.15. The van der Waals surface area contributed by atoms with Crippen LogP contribution in [-0.4, -0.2) is 6.26 Å². The molecule has 0 saturated carbocycles. The van der Waals surface area contributed by atoms with E-state index >= 15 is 0 Å². The zero-order valence-electron chi connectivity index (χ0n) is 6.97. The van der Waals surface area contributed by atoms with Crippen LogP contribution in [0.2, 0.25) is 5.02 Å². The summed E-state index contributed by atoms with van der Waals surface area (Å²) in [5.74, 6) is -0.281. The number of rotatable bonds is 2. The van der Waals surface area contributed by atoms with E-state index in [0.717, 1.165) is 5.56 Å². The maximum Gasteiger partial charge on any atom is 0.124 e. The van der Waals surface area contributed by atoms with Gasteiger partial charge in [-0.25, -0.2) is 4.39 Å². The Morgan fingerprint density at radius 3 is 2.67 bits per heavy atom. The SMILES string of the molecule is CS[C@H](C)c1ccc(F)cc1Cl. The van der Waals surface area contributed by atoms with E-state index in [1.807, 2.05) is 13.2 Å². The molecule has 0 aromatic heterocycles. The van der Waals surface area contributed by atoms with Gasteiger partial charge >= 0.3 is 0 Å². The Morgan fingerprint density at radius 2 is 2.17 bits per heavy atom. The van der Waals surface area contributed by atoms with E-state index in [2.05, 4.69) is 0 Å². The van der Waals surface area contributed by atoms with Gasteiger partial charge < -0.3 is 0 Å². The first-order valence-electron chi connectivity index (χ1n) is 3.63. The molecule has 0 aliphatic heterocycles. The molecule has 0 saturated heterocycles. The van der Waals surface area contributed by atoms with Crippen LogP contribution in [0.15, 0.2) is 18.2 Å². The van der Waals surface area contributed by atoms with Gasteiger partial charge in [-0.1, -0.05) is 17.7 Å². The van der Waals surface area contributed by atoms with Gasteiger partial charge in [0.15, 0.2) is 0 Å². The normalized spacial score (nSPS) is 13.0. The van der Waals surface area contributed by atoms with Gasteiger partial charge in [0, 0.05) is 10.3 Å². The van der Waals surface area contributed by atoms with Crippen molar-refractivity contribution in [1.82, 2.24) is 0 Å². The van der Waals surface area contributed by atoms with Gasteiger partial charge in [0.05, 0.1) is 0 Å². The summed E-state index contributed by atoms with van der Waals surface area (Å²) in [6, 6.07) is 4.52. The predicted octanol–water partition coefficient (Wildman–Crippen LogP) is 3.90. The van der Waals surface area contributed by atoms with Crippen LogP contribution < -0.4 is 0 Å². The highest BCUT2D eigenvalue weighted by atomic mass is 35.5. The van der Waals surface area contributed by atoms with E-state index in [4.69, 9.17) is 11.6 Å². The Bertz CT molecular complexity index is 275. The Hall–Kier alpha value is -0.210. The third kappa shape index (κ3) is 2.14. The fourth-order valence-corrected chi connectivity index (χ4v) is 1.81. The fourth-order valence-electron chi connectivity index (χ4n) is 0.958. The summed E-state index contributed by atoms with van der Waals surface area (Å²) in [4.78, 5) is 0. The lowest BCUT2D eigenvalue weighted by Crippen LogP contribution is -1.89. The molecule has 0 amide bonds. The van der Waals surface area contributed by atoms with Crippen LogP contribution in [0, 0.1) is 5.82 Å². The maximum atomic E-state index is 12.6. The zero-order chi connectivity index (χ0) is 9.14. The summed E-state index contributed by atoms with van der Waals surface area (Å²) in [7, 11) is 0. The Kier molecular flexibility index (Phi) is 3.41. The third-order valence-corrected chi connectivity index (χ3v) is 3.04. The summed E-state index contributed by atoms with van der Waals surface area (Å²) in [6.07, 6.45) is 2.00. The maximum absolute atomic E-state index is 12.6. The van der Waals surface area contributed by atoms with Crippen LogP contribution in [0.5, 0.6) is 0 Å². The highest BCUT2D eigenvalue weighted by Crippen LogP contribution is 2.31. The van der Waals surface area contributed by atoms with Crippen molar-refractivity contribution in [1.29, 1.82) is 0 Å². The first-order valence-corrected chi connectivity index (χ1v) is 5.29. The minimum absolute atomic E-state index is 0.281. The molecule has 0 nitrogen and oxygen atoms in total. The standard InChI is InChI=1S/C9H10ClFS/c1-6(12-2)8-4-3-7(11)5-9(8)10/h3-6H,1-2H3/t6-/m1/s1. The number of hydrogen-bond acceptors (Lipinski definition) is 1. The van der Waals surface area contributed by atoms with Crippen molar-refractivity contribution < 1.29 is 4.39 Å². The molecule has 0 aliphatic carbocycles. The molecular formula is C9H10ClFS. The van der Waals surface area contributed by atoms with Crippen LogP contribution >= 0.6 is 23.4 Å². The summed E-state index contributed by atoms with van der Waals surface area (Å²) >= 11 is 7.54. The number of halogens is 2. The average molecular weight is 205 g/mol. The topological polar surface area (TPSA) is 0 Å². The molecule has 0 spiro atoms. The van der Waals surface area contributed by atoms with Gasteiger partial charge in [-0.05, 0) is 30.9 Å². The number of hydrogen-bond donors (Lipinski definition) is 0. The highest BCUT2D eigenvalue weighted by Gasteiger charge is 2.08. The van der Waals surface area contributed by atoms with Crippen molar-refractivity contribution in [2.45, 2.75) is 12.2 Å². The van der Waals surface area contributed by atoms with E-state index in [9.17, 15) is 4.39 Å². The van der Waals surface area contributed by atoms with Crippen molar-refractivity contribution in [2.24, 2.45) is 0 Å². The van der Waals surface area contributed by atoms with Gasteiger partial charge in [-0.2, -0.15) is 11.8 Å². The van der Waals surface area contributed by atoms with Crippen molar-refractivity contribution in [3.05, 3.63) is 34.6 Å². The molecular weight excluding hydrogens is 195 g/mol. The number of benzene rings is 1. The molecule has 0 N–H and O–H groups in total. The molecule has 0 unspecified atom stereocenters. The molecule has 1 aromatic carbocycles. The summed E-state index contributed by atoms with van der Waals surface area (Å²) in [6.45, 7) is 2.05. The second-order valence-electron chi connectivity index (χ2n) is 2.54. The monoisotopic (exact) mass is 204 g/mol. The van der Waals surface area contributed by atoms with Gasteiger partial charge in [0.1, 0.15) is 5.82 Å². The van der Waals surface area contributed by atoms with E-state index in [-0.39, 0.29) is 5.82 Å². The van der Waals surface area contributed by atoms with Gasteiger partial charge in [0.2, 0.25) is 0 Å². The lowest BCUT2D eigenvalue weighted by molar-refractivity contribution is 0.627. The first kappa shape index (κ1) is 9.87. The zero-order valence-corrected chi connectivity index (χ0v) is 8.55. The van der Waals surface area contributed by atoms with Crippen LogP contribution in [0.3, 0.4) is 0 Å². The second-order valence-corrected chi connectivity index (χ2v) is 4.13. The lowest BCUT2D eigenvalue weighted by Gasteiger charge is -2.09. The number of thioether (sulfide) groups is 1. The van der Waals surface area contributed by atoms with E-state index in [1.165, 1.54) is 12.1 Å².